The summed E-state index contributed by atoms with van der Waals surface area (Å²) in [6, 6.07) is 10.6. The number of aromatic nitrogens is 3. The van der Waals surface area contributed by atoms with E-state index in [2.05, 4.69) is 20.1 Å². The van der Waals surface area contributed by atoms with Crippen LogP contribution in [-0.2, 0) is 11.3 Å². The Kier molecular flexibility index (Phi) is 5.87. The number of hydrogen-bond acceptors (Lipinski definition) is 7. The molecule has 36 heavy (non-hydrogen) atoms. The molecule has 3 aromatic rings. The number of amides is 1. The van der Waals surface area contributed by atoms with Gasteiger partial charge in [-0.3, -0.25) is 9.69 Å². The maximum absolute atomic E-state index is 14.8. The highest BCUT2D eigenvalue weighted by atomic mass is 19.1. The molecule has 9 nitrogen and oxygen atoms in total. The molecule has 3 aliphatic heterocycles. The van der Waals surface area contributed by atoms with Crippen LogP contribution in [0.1, 0.15) is 34.5 Å². The number of morpholine rings is 1. The van der Waals surface area contributed by atoms with Crippen molar-refractivity contribution in [2.24, 2.45) is 0 Å². The lowest BCUT2D eigenvalue weighted by Gasteiger charge is -2.40. The highest BCUT2D eigenvalue weighted by Gasteiger charge is 2.29. The molecule has 2 fully saturated rings. The van der Waals surface area contributed by atoms with Crippen LogP contribution in [0.25, 0.3) is 16.9 Å². The molecule has 5 heterocycles. The fraction of sp³-hybridized carbons (Fsp3) is 0.385. The fourth-order valence-corrected chi connectivity index (χ4v) is 5.42. The van der Waals surface area contributed by atoms with Gasteiger partial charge in [0.25, 0.3) is 5.91 Å². The summed E-state index contributed by atoms with van der Waals surface area (Å²) < 4.78 is 21.9. The van der Waals surface area contributed by atoms with Crippen molar-refractivity contribution in [1.82, 2.24) is 25.0 Å². The van der Waals surface area contributed by atoms with Gasteiger partial charge < -0.3 is 15.0 Å². The zero-order valence-electron chi connectivity index (χ0n) is 19.8. The lowest BCUT2D eigenvalue weighted by atomic mass is 10.0. The van der Waals surface area contributed by atoms with Crippen molar-refractivity contribution in [3.8, 4) is 23.0 Å². The van der Waals surface area contributed by atoms with Crippen LogP contribution in [0.15, 0.2) is 36.5 Å². The molecule has 2 saturated heterocycles. The van der Waals surface area contributed by atoms with Gasteiger partial charge >= 0.3 is 0 Å². The van der Waals surface area contributed by atoms with E-state index in [1.807, 2.05) is 18.3 Å². The second kappa shape index (κ2) is 9.33. The van der Waals surface area contributed by atoms with Crippen molar-refractivity contribution in [2.45, 2.75) is 25.4 Å². The smallest absolute Gasteiger partial charge is 0.255 e. The summed E-state index contributed by atoms with van der Waals surface area (Å²) >= 11 is 0. The molecule has 0 unspecified atom stereocenters. The summed E-state index contributed by atoms with van der Waals surface area (Å²) in [7, 11) is 0. The quantitative estimate of drug-likeness (QED) is 0.604. The average Bonchev–Trinajstić information content (AvgIpc) is 3.56. The number of carbonyl (C=O) groups excluding carboxylic acids is 1. The van der Waals surface area contributed by atoms with Crippen molar-refractivity contribution in [1.29, 1.82) is 5.26 Å². The van der Waals surface area contributed by atoms with Crippen LogP contribution in [0.5, 0.6) is 0 Å². The number of nitriles is 1. The Morgan fingerprint density at radius 2 is 1.92 bits per heavy atom. The van der Waals surface area contributed by atoms with Crippen molar-refractivity contribution >= 4 is 11.7 Å². The highest BCUT2D eigenvalue weighted by Crippen LogP contribution is 2.32. The van der Waals surface area contributed by atoms with Crippen LogP contribution >= 0.6 is 0 Å². The number of fused-ring (bicyclic) bond motifs is 1. The van der Waals surface area contributed by atoms with Crippen LogP contribution in [-0.4, -0.2) is 71.0 Å². The van der Waals surface area contributed by atoms with Crippen LogP contribution < -0.4 is 10.2 Å². The molecule has 184 valence electrons. The number of piperidine rings is 1. The largest absolute Gasteiger partial charge is 0.379 e. The number of benzene rings is 1. The standard InChI is InChI=1S/C26H26FN7O2/c27-19-3-1-2-17(15-28)24(19)20-14-22(25-21(30-20)16-29-26(25)35)34-9-6-23(31-34)33-7-4-18(5-8-33)32-10-12-36-13-11-32/h1-3,6,9,14,18H,4-5,7-8,10-13,16H2,(H,29,35). The highest BCUT2D eigenvalue weighted by molar-refractivity contribution is 6.01. The number of rotatable bonds is 4. The predicted octanol–water partition coefficient (Wildman–Crippen LogP) is 2.49. The van der Waals surface area contributed by atoms with Crippen LogP contribution in [0.4, 0.5) is 10.2 Å². The molecule has 0 atom stereocenters. The van der Waals surface area contributed by atoms with E-state index in [1.165, 1.54) is 12.1 Å². The fourth-order valence-electron chi connectivity index (χ4n) is 5.42. The molecule has 3 aliphatic rings. The number of anilines is 1. The predicted molar refractivity (Wildman–Crippen MR) is 130 cm³/mol. The van der Waals surface area contributed by atoms with Gasteiger partial charge in [-0.25, -0.2) is 14.1 Å². The van der Waals surface area contributed by atoms with E-state index < -0.39 is 5.82 Å². The lowest BCUT2D eigenvalue weighted by molar-refractivity contribution is 0.0115. The molecule has 0 spiro atoms. The summed E-state index contributed by atoms with van der Waals surface area (Å²) in [6.45, 7) is 5.64. The van der Waals surface area contributed by atoms with Gasteiger partial charge in [0.05, 0.1) is 59.6 Å². The van der Waals surface area contributed by atoms with Gasteiger partial charge in [0.1, 0.15) is 5.82 Å². The Balaban J connectivity index is 1.30. The number of pyridine rings is 1. The second-order valence-electron chi connectivity index (χ2n) is 9.29. The Bertz CT molecular complexity index is 1350. The lowest BCUT2D eigenvalue weighted by Crippen LogP contribution is -2.49. The van der Waals surface area contributed by atoms with Crippen LogP contribution in [0.3, 0.4) is 0 Å². The Morgan fingerprint density at radius 3 is 2.69 bits per heavy atom. The van der Waals surface area contributed by atoms with E-state index in [0.717, 1.165) is 58.1 Å². The molecule has 6 rings (SSSR count). The third kappa shape index (κ3) is 4.00. The van der Waals surface area contributed by atoms with Crippen molar-refractivity contribution in [2.75, 3.05) is 44.3 Å². The third-order valence-electron chi connectivity index (χ3n) is 7.28. The molecule has 1 N–H and O–H groups in total. The first-order valence-corrected chi connectivity index (χ1v) is 12.3. The maximum atomic E-state index is 14.8. The average molecular weight is 488 g/mol. The Labute approximate surface area is 208 Å². The van der Waals surface area contributed by atoms with E-state index in [9.17, 15) is 14.4 Å². The maximum Gasteiger partial charge on any atom is 0.255 e. The molecular formula is C26H26FN7O2. The molecule has 0 saturated carbocycles. The number of ether oxygens (including phenoxy) is 1. The van der Waals surface area contributed by atoms with Crippen molar-refractivity contribution in [3.63, 3.8) is 0 Å². The van der Waals surface area contributed by atoms with Gasteiger partial charge in [0.15, 0.2) is 5.82 Å². The zero-order valence-corrected chi connectivity index (χ0v) is 19.8. The molecule has 0 aliphatic carbocycles. The minimum Gasteiger partial charge on any atom is -0.379 e. The number of carbonyl (C=O) groups is 1. The summed E-state index contributed by atoms with van der Waals surface area (Å²) in [4.78, 5) is 22.0. The van der Waals surface area contributed by atoms with Gasteiger partial charge in [-0.1, -0.05) is 6.07 Å². The normalized spacial score (nSPS) is 18.7. The monoisotopic (exact) mass is 487 g/mol. The minimum absolute atomic E-state index is 0.126. The first-order valence-electron chi connectivity index (χ1n) is 12.3. The Hall–Kier alpha value is -3.81. The number of nitrogens with one attached hydrogen (secondary N) is 1. The number of nitrogens with zero attached hydrogens (tertiary/aromatic N) is 6. The van der Waals surface area contributed by atoms with E-state index in [0.29, 0.717) is 28.7 Å². The first-order chi connectivity index (χ1) is 17.6. The number of halogens is 1. The number of hydrogen-bond donors (Lipinski definition) is 1. The van der Waals surface area contributed by atoms with Crippen molar-refractivity contribution < 1.29 is 13.9 Å². The van der Waals surface area contributed by atoms with Crippen LogP contribution in [0.2, 0.25) is 0 Å². The van der Waals surface area contributed by atoms with Crippen molar-refractivity contribution in [3.05, 3.63) is 59.2 Å². The van der Waals surface area contributed by atoms with Crippen LogP contribution in [0, 0.1) is 17.1 Å². The van der Waals surface area contributed by atoms with Gasteiger partial charge in [-0.05, 0) is 31.0 Å². The van der Waals surface area contributed by atoms with E-state index in [1.54, 1.807) is 16.8 Å². The Morgan fingerprint density at radius 1 is 1.11 bits per heavy atom. The summed E-state index contributed by atoms with van der Waals surface area (Å²) in [5.74, 6) is 0.0649. The molecule has 1 aromatic carbocycles. The van der Waals surface area contributed by atoms with Gasteiger partial charge in [0, 0.05) is 44.5 Å². The summed E-state index contributed by atoms with van der Waals surface area (Å²) in [5, 5.41) is 17.1. The van der Waals surface area contributed by atoms with E-state index >= 15 is 0 Å². The molecule has 0 bridgehead atoms. The molecule has 10 heteroatoms. The third-order valence-corrected chi connectivity index (χ3v) is 7.28. The topological polar surface area (TPSA) is 99.3 Å². The van der Waals surface area contributed by atoms with Gasteiger partial charge in [0.2, 0.25) is 0 Å². The molecule has 0 radical (unpaired) electrons. The molecule has 2 aromatic heterocycles. The SMILES string of the molecule is N#Cc1cccc(F)c1-c1cc(-n2ccc(N3CCC(N4CCOCC4)CC3)n2)c2c(n1)CNC2=O. The molecule has 1 amide bonds. The zero-order chi connectivity index (χ0) is 24.6. The summed E-state index contributed by atoms with van der Waals surface area (Å²) in [5.41, 5.74) is 2.08. The van der Waals surface area contributed by atoms with Gasteiger partial charge in [-0.2, -0.15) is 10.4 Å². The molecular weight excluding hydrogens is 461 g/mol. The minimum atomic E-state index is -0.533. The van der Waals surface area contributed by atoms with Gasteiger partial charge in [-0.15, -0.1) is 0 Å². The van der Waals surface area contributed by atoms with E-state index in [-0.39, 0.29) is 23.6 Å². The summed E-state index contributed by atoms with van der Waals surface area (Å²) in [6.07, 6.45) is 3.95. The first kappa shape index (κ1) is 22.6. The second-order valence-corrected chi connectivity index (χ2v) is 9.29. The van der Waals surface area contributed by atoms with E-state index in [4.69, 9.17) is 9.84 Å².